The summed E-state index contributed by atoms with van der Waals surface area (Å²) in [6, 6.07) is 7.80. The summed E-state index contributed by atoms with van der Waals surface area (Å²) in [5.41, 5.74) is 0.584. The molecule has 1 aromatic rings. The van der Waals surface area contributed by atoms with Crippen LogP contribution in [0.15, 0.2) is 24.3 Å². The molecule has 0 aromatic heterocycles. The summed E-state index contributed by atoms with van der Waals surface area (Å²) in [5.74, 6) is -0.643. The van der Waals surface area contributed by atoms with E-state index in [9.17, 15) is 9.90 Å². The fraction of sp³-hybridized carbons (Fsp3) is 0.562. The van der Waals surface area contributed by atoms with E-state index in [2.05, 4.69) is 11.8 Å². The molecule has 0 spiro atoms. The highest BCUT2D eigenvalue weighted by Gasteiger charge is 2.41. The van der Waals surface area contributed by atoms with Gasteiger partial charge in [-0.1, -0.05) is 37.1 Å². The fourth-order valence-electron chi connectivity index (χ4n) is 3.22. The van der Waals surface area contributed by atoms with Crippen LogP contribution in [0.1, 0.15) is 38.2 Å². The summed E-state index contributed by atoms with van der Waals surface area (Å²) >= 11 is 6.01. The van der Waals surface area contributed by atoms with Gasteiger partial charge in [-0.25, -0.2) is 0 Å². The van der Waals surface area contributed by atoms with Gasteiger partial charge in [0.25, 0.3) is 0 Å². The molecule has 3 nitrogen and oxygen atoms in total. The highest BCUT2D eigenvalue weighted by atomic mass is 35.5. The van der Waals surface area contributed by atoms with Gasteiger partial charge in [0.2, 0.25) is 0 Å². The first-order valence-corrected chi connectivity index (χ1v) is 7.64. The van der Waals surface area contributed by atoms with Crippen molar-refractivity contribution in [3.8, 4) is 0 Å². The molecule has 1 atom stereocenters. The van der Waals surface area contributed by atoms with E-state index in [1.54, 1.807) is 0 Å². The fourth-order valence-corrected chi connectivity index (χ4v) is 3.43. The van der Waals surface area contributed by atoms with Crippen molar-refractivity contribution in [2.45, 2.75) is 39.2 Å². The van der Waals surface area contributed by atoms with Crippen LogP contribution >= 0.6 is 11.6 Å². The minimum Gasteiger partial charge on any atom is -0.481 e. The maximum atomic E-state index is 11.7. The van der Waals surface area contributed by atoms with E-state index in [0.717, 1.165) is 49.4 Å². The Morgan fingerprint density at radius 1 is 1.50 bits per heavy atom. The lowest BCUT2D eigenvalue weighted by Crippen LogP contribution is -2.47. The van der Waals surface area contributed by atoms with Gasteiger partial charge in [0.1, 0.15) is 0 Å². The molecule has 1 saturated heterocycles. The van der Waals surface area contributed by atoms with Crippen LogP contribution in [0, 0.1) is 5.41 Å². The van der Waals surface area contributed by atoms with Crippen LogP contribution in [0.5, 0.6) is 0 Å². The molecule has 20 heavy (non-hydrogen) atoms. The summed E-state index contributed by atoms with van der Waals surface area (Å²) in [7, 11) is 0. The summed E-state index contributed by atoms with van der Waals surface area (Å²) in [4.78, 5) is 13.9. The molecule has 1 aliphatic rings. The van der Waals surface area contributed by atoms with Gasteiger partial charge < -0.3 is 5.11 Å². The van der Waals surface area contributed by atoms with Crippen molar-refractivity contribution >= 4 is 17.6 Å². The lowest BCUT2D eigenvalue weighted by Gasteiger charge is -2.40. The first-order chi connectivity index (χ1) is 9.55. The number of carbonyl (C=O) groups is 1. The second-order valence-electron chi connectivity index (χ2n) is 5.78. The molecule has 1 aliphatic heterocycles. The van der Waals surface area contributed by atoms with Crippen molar-refractivity contribution in [1.82, 2.24) is 4.90 Å². The van der Waals surface area contributed by atoms with Crippen molar-refractivity contribution in [2.24, 2.45) is 5.41 Å². The van der Waals surface area contributed by atoms with E-state index in [1.165, 1.54) is 0 Å². The van der Waals surface area contributed by atoms with Crippen LogP contribution in [-0.2, 0) is 11.3 Å². The number of likely N-dealkylation sites (tertiary alicyclic amines) is 1. The van der Waals surface area contributed by atoms with Crippen molar-refractivity contribution in [1.29, 1.82) is 0 Å². The van der Waals surface area contributed by atoms with Crippen molar-refractivity contribution in [3.63, 3.8) is 0 Å². The Morgan fingerprint density at radius 3 is 2.95 bits per heavy atom. The molecule has 0 radical (unpaired) electrons. The van der Waals surface area contributed by atoms with Crippen molar-refractivity contribution in [3.05, 3.63) is 34.9 Å². The standard InChI is InChI=1S/C16H22ClNO2/c1-2-7-16(15(19)20)8-4-9-18(12-16)11-13-5-3-6-14(17)10-13/h3,5-6,10H,2,4,7-9,11-12H2,1H3,(H,19,20). The number of halogens is 1. The molecular weight excluding hydrogens is 274 g/mol. The third-order valence-corrected chi connectivity index (χ3v) is 4.37. The van der Waals surface area contributed by atoms with E-state index in [1.807, 2.05) is 24.3 Å². The molecule has 1 unspecified atom stereocenters. The van der Waals surface area contributed by atoms with Gasteiger partial charge in [-0.05, 0) is 43.5 Å². The smallest absolute Gasteiger partial charge is 0.310 e. The molecule has 1 fully saturated rings. The number of benzene rings is 1. The number of hydrogen-bond acceptors (Lipinski definition) is 2. The van der Waals surface area contributed by atoms with Crippen LogP contribution in [0.25, 0.3) is 0 Å². The van der Waals surface area contributed by atoms with Gasteiger partial charge in [0.05, 0.1) is 5.41 Å². The Kier molecular flexibility index (Phi) is 5.06. The molecule has 0 amide bonds. The molecule has 4 heteroatoms. The predicted octanol–water partition coefficient (Wildman–Crippen LogP) is 3.81. The van der Waals surface area contributed by atoms with Crippen LogP contribution in [0.2, 0.25) is 5.02 Å². The van der Waals surface area contributed by atoms with E-state index in [0.29, 0.717) is 6.54 Å². The molecule has 0 aliphatic carbocycles. The lowest BCUT2D eigenvalue weighted by molar-refractivity contribution is -0.153. The third kappa shape index (κ3) is 3.53. The molecule has 2 rings (SSSR count). The maximum absolute atomic E-state index is 11.7. The van der Waals surface area contributed by atoms with Crippen molar-refractivity contribution < 1.29 is 9.90 Å². The molecule has 1 aromatic carbocycles. The number of rotatable bonds is 5. The highest BCUT2D eigenvalue weighted by Crippen LogP contribution is 2.35. The molecule has 1 heterocycles. The molecule has 1 N–H and O–H groups in total. The summed E-state index contributed by atoms with van der Waals surface area (Å²) in [6.45, 7) is 4.44. The monoisotopic (exact) mass is 295 g/mol. The van der Waals surface area contributed by atoms with Gasteiger partial charge in [-0.15, -0.1) is 0 Å². The van der Waals surface area contributed by atoms with Gasteiger partial charge in [-0.3, -0.25) is 9.69 Å². The minimum absolute atomic E-state index is 0.564. The van der Waals surface area contributed by atoms with Crippen LogP contribution in [0.3, 0.4) is 0 Å². The molecule has 0 saturated carbocycles. The first kappa shape index (κ1) is 15.3. The maximum Gasteiger partial charge on any atom is 0.310 e. The van der Waals surface area contributed by atoms with Gasteiger partial charge in [0, 0.05) is 18.1 Å². The summed E-state index contributed by atoms with van der Waals surface area (Å²) < 4.78 is 0. The topological polar surface area (TPSA) is 40.5 Å². The van der Waals surface area contributed by atoms with E-state index in [4.69, 9.17) is 11.6 Å². The normalized spacial score (nSPS) is 23.7. The van der Waals surface area contributed by atoms with Gasteiger partial charge >= 0.3 is 5.97 Å². The van der Waals surface area contributed by atoms with Crippen molar-refractivity contribution in [2.75, 3.05) is 13.1 Å². The summed E-state index contributed by atoms with van der Waals surface area (Å²) in [6.07, 6.45) is 3.42. The minimum atomic E-state index is -0.643. The zero-order chi connectivity index (χ0) is 14.6. The van der Waals surface area contributed by atoms with E-state index >= 15 is 0 Å². The largest absolute Gasteiger partial charge is 0.481 e. The Labute approximate surface area is 125 Å². The Hall–Kier alpha value is -1.06. The number of carboxylic acids is 1. The number of hydrogen-bond donors (Lipinski definition) is 1. The Balaban J connectivity index is 2.08. The molecule has 110 valence electrons. The van der Waals surface area contributed by atoms with E-state index in [-0.39, 0.29) is 0 Å². The van der Waals surface area contributed by atoms with Crippen LogP contribution in [0.4, 0.5) is 0 Å². The Bertz CT molecular complexity index is 473. The van der Waals surface area contributed by atoms with Gasteiger partial charge in [0.15, 0.2) is 0 Å². The second kappa shape index (κ2) is 6.59. The third-order valence-electron chi connectivity index (χ3n) is 4.13. The predicted molar refractivity (Wildman–Crippen MR) is 80.9 cm³/mol. The lowest BCUT2D eigenvalue weighted by atomic mass is 9.76. The van der Waals surface area contributed by atoms with Crippen LogP contribution < -0.4 is 0 Å². The number of piperidine rings is 1. The molecule has 0 bridgehead atoms. The average Bonchev–Trinajstić information content (AvgIpc) is 2.39. The van der Waals surface area contributed by atoms with Gasteiger partial charge in [-0.2, -0.15) is 0 Å². The quantitative estimate of drug-likeness (QED) is 0.898. The first-order valence-electron chi connectivity index (χ1n) is 7.26. The number of nitrogens with zero attached hydrogens (tertiary/aromatic N) is 1. The number of carboxylic acid groups (broad SMARTS) is 1. The average molecular weight is 296 g/mol. The summed E-state index contributed by atoms with van der Waals surface area (Å²) in [5, 5.41) is 10.3. The van der Waals surface area contributed by atoms with E-state index < -0.39 is 11.4 Å². The number of aliphatic carboxylic acids is 1. The zero-order valence-electron chi connectivity index (χ0n) is 11.9. The van der Waals surface area contributed by atoms with Crippen LogP contribution in [-0.4, -0.2) is 29.1 Å². The highest BCUT2D eigenvalue weighted by molar-refractivity contribution is 6.30. The molecular formula is C16H22ClNO2. The SMILES string of the molecule is CCCC1(C(=O)O)CCCN(Cc2cccc(Cl)c2)C1. The second-order valence-corrected chi connectivity index (χ2v) is 6.22. The Morgan fingerprint density at radius 2 is 2.30 bits per heavy atom. The zero-order valence-corrected chi connectivity index (χ0v) is 12.7.